The predicted octanol–water partition coefficient (Wildman–Crippen LogP) is 16.3. The number of hydrogen-bond donors (Lipinski definition) is 0. The number of aromatic nitrogens is 2. The van der Waals surface area contributed by atoms with E-state index in [9.17, 15) is 0 Å². The second-order valence-corrected chi connectivity index (χ2v) is 24.2. The van der Waals surface area contributed by atoms with Gasteiger partial charge in [0.15, 0.2) is 31.1 Å². The van der Waals surface area contributed by atoms with Crippen LogP contribution in [0.3, 0.4) is 0 Å². The first kappa shape index (κ1) is 44.2. The van der Waals surface area contributed by atoms with Crippen molar-refractivity contribution in [1.29, 1.82) is 0 Å². The van der Waals surface area contributed by atoms with Crippen LogP contribution in [0.2, 0.25) is 0 Å². The van der Waals surface area contributed by atoms with E-state index in [1.807, 2.05) is 24.3 Å². The third kappa shape index (κ3) is 6.67. The average Bonchev–Trinajstić information content (AvgIpc) is 4.19. The SMILES string of the molecule is c1ccc(-c2ccc3c(c2)c2cc(-c4ccc5c(c4)c4ccccc4n5-c4ccc([Si](c5ccccc5)(c5ccccc5)c5ccccc5)cc4)ccc2n3-c2cc3c4c(c2)Oc2ccccc2N4c2ccccc2O3)cc1. The van der Waals surface area contributed by atoms with Crippen LogP contribution in [0.5, 0.6) is 23.0 Å². The monoisotopic (exact) mass is 1010 g/mol. The summed E-state index contributed by atoms with van der Waals surface area (Å²) in [4.78, 5) is 2.27. The van der Waals surface area contributed by atoms with Crippen molar-refractivity contribution in [3.63, 3.8) is 0 Å². The number of anilines is 3. The number of fused-ring (bicyclic) bond motifs is 10. The standard InChI is InChI=1S/C72H47N3O2Si/c1-5-19-48(20-6-1)49-33-40-64-60(43-49)61-45-51(35-42-65(61)74(64)53-46-70-72-71(47-53)77-69-32-18-16-30-67(69)75(72)66-29-15-17-31-68(66)76-70)50-34-41-63-59(44-50)58-27-13-14-28-62(58)73(63)52-36-38-57(39-37-52)78(54-21-7-2-8-22-54,55-23-9-3-10-24-55)56-25-11-4-12-26-56/h1-47H. The number of nitrogens with zero attached hydrogens (tertiary/aromatic N) is 3. The molecule has 366 valence electrons. The molecular weight excluding hydrogens is 967 g/mol. The van der Waals surface area contributed by atoms with Crippen molar-refractivity contribution < 1.29 is 9.47 Å². The lowest BCUT2D eigenvalue weighted by Gasteiger charge is -2.38. The van der Waals surface area contributed by atoms with E-state index in [4.69, 9.17) is 9.47 Å². The first-order chi connectivity index (χ1) is 38.7. The fourth-order valence-corrected chi connectivity index (χ4v) is 17.5. The van der Waals surface area contributed by atoms with Crippen LogP contribution in [0.25, 0.3) is 77.2 Å². The molecule has 0 atom stereocenters. The van der Waals surface area contributed by atoms with Gasteiger partial charge in [-0.05, 0) is 122 Å². The zero-order valence-corrected chi connectivity index (χ0v) is 43.3. The summed E-state index contributed by atoms with van der Waals surface area (Å²) in [6, 6.07) is 104. The van der Waals surface area contributed by atoms with Gasteiger partial charge >= 0.3 is 0 Å². The average molecular weight is 1010 g/mol. The van der Waals surface area contributed by atoms with Crippen molar-refractivity contribution in [1.82, 2.24) is 9.13 Å². The molecule has 16 rings (SSSR count). The van der Waals surface area contributed by atoms with E-state index in [2.05, 4.69) is 275 Å². The van der Waals surface area contributed by atoms with Crippen LogP contribution in [0.15, 0.2) is 285 Å². The fourth-order valence-electron chi connectivity index (χ4n) is 12.8. The molecule has 78 heavy (non-hydrogen) atoms. The van der Waals surface area contributed by atoms with Crippen LogP contribution in [0.1, 0.15) is 0 Å². The molecule has 2 aliphatic rings. The van der Waals surface area contributed by atoms with Crippen LogP contribution in [0.4, 0.5) is 17.1 Å². The van der Waals surface area contributed by atoms with Crippen molar-refractivity contribution in [2.24, 2.45) is 0 Å². The predicted molar refractivity (Wildman–Crippen MR) is 324 cm³/mol. The van der Waals surface area contributed by atoms with Gasteiger partial charge in [-0.25, -0.2) is 0 Å². The van der Waals surface area contributed by atoms with Crippen molar-refractivity contribution in [2.45, 2.75) is 0 Å². The summed E-state index contributed by atoms with van der Waals surface area (Å²) >= 11 is 0. The highest BCUT2D eigenvalue weighted by atomic mass is 28.3. The minimum atomic E-state index is -2.69. The van der Waals surface area contributed by atoms with Crippen LogP contribution in [0, 0.1) is 0 Å². The Morgan fingerprint density at radius 2 is 0.641 bits per heavy atom. The smallest absolute Gasteiger partial charge is 0.179 e. The summed E-state index contributed by atoms with van der Waals surface area (Å²) < 4.78 is 18.4. The maximum atomic E-state index is 6.78. The van der Waals surface area contributed by atoms with E-state index in [0.717, 1.165) is 79.0 Å². The third-order valence-corrected chi connectivity index (χ3v) is 21.0. The fraction of sp³-hybridized carbons (Fsp3) is 0. The van der Waals surface area contributed by atoms with Crippen LogP contribution < -0.4 is 35.1 Å². The van der Waals surface area contributed by atoms with Crippen molar-refractivity contribution >= 4 is 89.5 Å². The summed E-state index contributed by atoms with van der Waals surface area (Å²) in [5, 5.41) is 10.2. The van der Waals surface area contributed by atoms with Gasteiger partial charge in [-0.1, -0.05) is 194 Å². The first-order valence-electron chi connectivity index (χ1n) is 26.6. The molecule has 0 fully saturated rings. The maximum absolute atomic E-state index is 6.78. The zero-order chi connectivity index (χ0) is 51.3. The highest BCUT2D eigenvalue weighted by Crippen LogP contribution is 2.60. The van der Waals surface area contributed by atoms with Crippen LogP contribution >= 0.6 is 0 Å². The van der Waals surface area contributed by atoms with E-state index < -0.39 is 8.07 Å². The van der Waals surface area contributed by atoms with Gasteiger partial charge < -0.3 is 18.6 Å². The zero-order valence-electron chi connectivity index (χ0n) is 42.3. The van der Waals surface area contributed by atoms with Crippen molar-refractivity contribution in [2.75, 3.05) is 4.90 Å². The molecule has 6 heteroatoms. The molecular formula is C72H47N3O2Si. The molecule has 0 N–H and O–H groups in total. The maximum Gasteiger partial charge on any atom is 0.179 e. The molecule has 0 unspecified atom stereocenters. The minimum Gasteiger partial charge on any atom is -0.453 e. The molecule has 5 nitrogen and oxygen atoms in total. The van der Waals surface area contributed by atoms with Gasteiger partial charge in [0.2, 0.25) is 0 Å². The molecule has 12 aromatic carbocycles. The van der Waals surface area contributed by atoms with Gasteiger partial charge in [0.05, 0.1) is 39.1 Å². The quantitative estimate of drug-likeness (QED) is 0.112. The molecule has 2 aromatic heterocycles. The van der Waals surface area contributed by atoms with Crippen LogP contribution in [-0.2, 0) is 0 Å². The number of para-hydroxylation sites is 5. The van der Waals surface area contributed by atoms with Gasteiger partial charge in [-0.3, -0.25) is 4.90 Å². The highest BCUT2D eigenvalue weighted by molar-refractivity contribution is 7.19. The Kier molecular flexibility index (Phi) is 9.89. The topological polar surface area (TPSA) is 31.6 Å². The molecule has 0 radical (unpaired) electrons. The summed E-state index contributed by atoms with van der Waals surface area (Å²) in [5.41, 5.74) is 14.1. The molecule has 0 bridgehead atoms. The third-order valence-electron chi connectivity index (χ3n) is 16.2. The van der Waals surface area contributed by atoms with Crippen molar-refractivity contribution in [3.05, 3.63) is 285 Å². The Hall–Kier alpha value is -10.1. The molecule has 4 heterocycles. The molecule has 0 spiro atoms. The molecule has 0 saturated carbocycles. The summed E-state index contributed by atoms with van der Waals surface area (Å²) in [6.07, 6.45) is 0. The van der Waals surface area contributed by atoms with Gasteiger partial charge in [-0.15, -0.1) is 0 Å². The van der Waals surface area contributed by atoms with E-state index in [1.165, 1.54) is 59.1 Å². The van der Waals surface area contributed by atoms with Crippen LogP contribution in [-0.4, -0.2) is 17.2 Å². The molecule has 0 aliphatic carbocycles. The van der Waals surface area contributed by atoms with E-state index in [0.29, 0.717) is 0 Å². The van der Waals surface area contributed by atoms with E-state index in [-0.39, 0.29) is 0 Å². The molecule has 0 saturated heterocycles. The van der Waals surface area contributed by atoms with Crippen molar-refractivity contribution in [3.8, 4) is 56.6 Å². The first-order valence-corrected chi connectivity index (χ1v) is 28.6. The normalized spacial score (nSPS) is 12.5. The number of benzene rings is 12. The van der Waals surface area contributed by atoms with Gasteiger partial charge in [-0.2, -0.15) is 0 Å². The Bertz CT molecular complexity index is 4500. The number of rotatable bonds is 8. The molecule has 2 aliphatic heterocycles. The molecule has 0 amide bonds. The molecule has 14 aromatic rings. The Morgan fingerprint density at radius 1 is 0.256 bits per heavy atom. The van der Waals surface area contributed by atoms with Gasteiger partial charge in [0.1, 0.15) is 5.69 Å². The number of hydrogen-bond acceptors (Lipinski definition) is 3. The summed E-state index contributed by atoms with van der Waals surface area (Å²) in [7, 11) is -2.69. The second kappa shape index (κ2) is 17.5. The largest absolute Gasteiger partial charge is 0.453 e. The Labute approximate surface area is 452 Å². The van der Waals surface area contributed by atoms with E-state index in [1.54, 1.807) is 0 Å². The lowest BCUT2D eigenvalue weighted by molar-refractivity contribution is 0.445. The lowest BCUT2D eigenvalue weighted by atomic mass is 9.99. The van der Waals surface area contributed by atoms with Gasteiger partial charge in [0.25, 0.3) is 0 Å². The summed E-state index contributed by atoms with van der Waals surface area (Å²) in [5.74, 6) is 3.09. The Balaban J connectivity index is 0.842. The minimum absolute atomic E-state index is 0.744. The van der Waals surface area contributed by atoms with E-state index >= 15 is 0 Å². The van der Waals surface area contributed by atoms with Gasteiger partial charge in [0, 0.05) is 39.4 Å². The lowest BCUT2D eigenvalue weighted by Crippen LogP contribution is -2.74. The summed E-state index contributed by atoms with van der Waals surface area (Å²) in [6.45, 7) is 0. The number of ether oxygens (including phenoxy) is 2. The Morgan fingerprint density at radius 3 is 1.15 bits per heavy atom. The second-order valence-electron chi connectivity index (χ2n) is 20.4. The highest BCUT2D eigenvalue weighted by Gasteiger charge is 2.41.